The van der Waals surface area contributed by atoms with Gasteiger partial charge in [-0.05, 0) is 40.9 Å². The molecule has 7 heteroatoms. The van der Waals surface area contributed by atoms with E-state index in [2.05, 4.69) is 20.0 Å². The molecule has 0 unspecified atom stereocenters. The molecule has 0 aliphatic heterocycles. The molecule has 0 aliphatic rings. The van der Waals surface area contributed by atoms with Crippen LogP contribution in [0.2, 0.25) is 0 Å². The van der Waals surface area contributed by atoms with E-state index in [1.165, 1.54) is 0 Å². The lowest BCUT2D eigenvalue weighted by Gasteiger charge is -2.16. The SMILES string of the molecule is [N-]=[N+]=NCc1ccc(C(c2ccc(C=O)[nH]2)c2ccc(C=O)[nH]2)cc1. The summed E-state index contributed by atoms with van der Waals surface area (Å²) in [5.74, 6) is -0.184. The lowest BCUT2D eigenvalue weighted by Crippen LogP contribution is -2.05. The highest BCUT2D eigenvalue weighted by molar-refractivity contribution is 5.73. The topological polar surface area (TPSA) is 114 Å². The highest BCUT2D eigenvalue weighted by atomic mass is 16.1. The van der Waals surface area contributed by atoms with Crippen molar-refractivity contribution < 1.29 is 9.59 Å². The maximum absolute atomic E-state index is 11.0. The van der Waals surface area contributed by atoms with Gasteiger partial charge in [0.05, 0.1) is 23.9 Å². The number of nitrogens with zero attached hydrogens (tertiary/aromatic N) is 3. The van der Waals surface area contributed by atoms with E-state index in [-0.39, 0.29) is 12.5 Å². The van der Waals surface area contributed by atoms with Gasteiger partial charge in [-0.1, -0.05) is 29.4 Å². The standard InChI is InChI=1S/C18H15N5O2/c19-23-20-9-12-1-3-13(4-2-12)18(16-7-5-14(10-24)21-16)17-8-6-15(11-25)22-17/h1-8,10-11,18,21-22H,9H2. The molecule has 0 amide bonds. The fourth-order valence-corrected chi connectivity index (χ4v) is 2.79. The first-order valence-electron chi connectivity index (χ1n) is 7.63. The van der Waals surface area contributed by atoms with Crippen molar-refractivity contribution in [2.45, 2.75) is 12.5 Å². The first-order chi connectivity index (χ1) is 12.2. The van der Waals surface area contributed by atoms with Crippen molar-refractivity contribution in [3.8, 4) is 0 Å². The minimum atomic E-state index is -0.184. The monoisotopic (exact) mass is 333 g/mol. The number of hydrogen-bond donors (Lipinski definition) is 2. The van der Waals surface area contributed by atoms with Crippen LogP contribution < -0.4 is 0 Å². The van der Waals surface area contributed by atoms with E-state index in [0.29, 0.717) is 11.4 Å². The van der Waals surface area contributed by atoms with Gasteiger partial charge >= 0.3 is 0 Å². The van der Waals surface area contributed by atoms with Crippen molar-refractivity contribution in [2.24, 2.45) is 5.11 Å². The second-order valence-corrected chi connectivity index (χ2v) is 5.54. The van der Waals surface area contributed by atoms with Crippen LogP contribution in [0.4, 0.5) is 0 Å². The van der Waals surface area contributed by atoms with E-state index in [4.69, 9.17) is 5.53 Å². The summed E-state index contributed by atoms with van der Waals surface area (Å²) in [5.41, 5.74) is 12.9. The number of aldehydes is 2. The van der Waals surface area contributed by atoms with Crippen LogP contribution in [0.1, 0.15) is 49.4 Å². The zero-order chi connectivity index (χ0) is 17.6. The third-order valence-electron chi connectivity index (χ3n) is 3.97. The van der Waals surface area contributed by atoms with E-state index in [1.807, 2.05) is 36.4 Å². The van der Waals surface area contributed by atoms with Gasteiger partial charge in [0.15, 0.2) is 12.6 Å². The molecule has 0 saturated carbocycles. The molecule has 3 aromatic rings. The number of hydrogen-bond acceptors (Lipinski definition) is 3. The molecule has 124 valence electrons. The van der Waals surface area contributed by atoms with E-state index >= 15 is 0 Å². The van der Waals surface area contributed by atoms with Gasteiger partial charge in [-0.2, -0.15) is 0 Å². The molecule has 0 aliphatic carbocycles. The van der Waals surface area contributed by atoms with Gasteiger partial charge in [-0.25, -0.2) is 0 Å². The first-order valence-corrected chi connectivity index (χ1v) is 7.63. The average Bonchev–Trinajstić information content (AvgIpc) is 3.31. The molecule has 0 spiro atoms. The Bertz CT molecular complexity index is 886. The van der Waals surface area contributed by atoms with Crippen LogP contribution in [0.25, 0.3) is 10.4 Å². The maximum atomic E-state index is 11.0. The fraction of sp³-hybridized carbons (Fsp3) is 0.111. The number of H-pyrrole nitrogens is 2. The Labute approximate surface area is 143 Å². The molecule has 7 nitrogen and oxygen atoms in total. The Hall–Kier alpha value is -3.57. The number of aromatic nitrogens is 2. The summed E-state index contributed by atoms with van der Waals surface area (Å²) in [7, 11) is 0. The third kappa shape index (κ3) is 3.52. The quantitative estimate of drug-likeness (QED) is 0.295. The summed E-state index contributed by atoms with van der Waals surface area (Å²) >= 11 is 0. The molecule has 2 N–H and O–H groups in total. The van der Waals surface area contributed by atoms with Crippen LogP contribution in [-0.2, 0) is 6.54 Å². The predicted octanol–water partition coefficient (Wildman–Crippen LogP) is 3.96. The lowest BCUT2D eigenvalue weighted by molar-refractivity contribution is 0.111. The number of carbonyl (C=O) groups excluding carboxylic acids is 2. The smallest absolute Gasteiger partial charge is 0.166 e. The molecule has 0 radical (unpaired) electrons. The van der Waals surface area contributed by atoms with Crippen LogP contribution in [0.5, 0.6) is 0 Å². The molecule has 3 rings (SSSR count). The Morgan fingerprint density at radius 2 is 1.48 bits per heavy atom. The minimum absolute atomic E-state index is 0.184. The number of rotatable bonds is 7. The summed E-state index contributed by atoms with van der Waals surface area (Å²) in [5, 5.41) is 3.55. The van der Waals surface area contributed by atoms with Crippen molar-refractivity contribution >= 4 is 12.6 Å². The number of carbonyl (C=O) groups is 2. The van der Waals surface area contributed by atoms with Gasteiger partial charge < -0.3 is 9.97 Å². The zero-order valence-electron chi connectivity index (χ0n) is 13.2. The normalized spacial score (nSPS) is 10.4. The molecule has 2 heterocycles. The van der Waals surface area contributed by atoms with E-state index in [1.54, 1.807) is 12.1 Å². The highest BCUT2D eigenvalue weighted by Gasteiger charge is 2.20. The third-order valence-corrected chi connectivity index (χ3v) is 3.97. The van der Waals surface area contributed by atoms with Crippen LogP contribution >= 0.6 is 0 Å². The molecule has 2 aromatic heterocycles. The molecule has 0 fully saturated rings. The largest absolute Gasteiger partial charge is 0.355 e. The summed E-state index contributed by atoms with van der Waals surface area (Å²) in [6, 6.07) is 14.8. The molecular weight excluding hydrogens is 318 g/mol. The Kier molecular flexibility index (Phi) is 4.78. The number of benzene rings is 1. The highest BCUT2D eigenvalue weighted by Crippen LogP contribution is 2.31. The Morgan fingerprint density at radius 3 is 1.92 bits per heavy atom. The number of azide groups is 1. The number of aromatic amines is 2. The summed E-state index contributed by atoms with van der Waals surface area (Å²) in [4.78, 5) is 30.9. The second-order valence-electron chi connectivity index (χ2n) is 5.54. The molecule has 1 aromatic carbocycles. The summed E-state index contributed by atoms with van der Waals surface area (Å²) < 4.78 is 0. The van der Waals surface area contributed by atoms with E-state index < -0.39 is 0 Å². The van der Waals surface area contributed by atoms with Crippen molar-refractivity contribution in [3.63, 3.8) is 0 Å². The fourth-order valence-electron chi connectivity index (χ4n) is 2.79. The molecule has 0 atom stereocenters. The van der Waals surface area contributed by atoms with Gasteiger partial charge in [0.1, 0.15) is 0 Å². The lowest BCUT2D eigenvalue weighted by atomic mass is 9.92. The second kappa shape index (κ2) is 7.33. The van der Waals surface area contributed by atoms with Gasteiger partial charge in [-0.15, -0.1) is 0 Å². The van der Waals surface area contributed by atoms with Gasteiger partial charge in [0, 0.05) is 16.3 Å². The Morgan fingerprint density at radius 1 is 0.920 bits per heavy atom. The van der Waals surface area contributed by atoms with Crippen LogP contribution in [-0.4, -0.2) is 22.5 Å². The van der Waals surface area contributed by atoms with Gasteiger partial charge in [0.25, 0.3) is 0 Å². The van der Waals surface area contributed by atoms with Crippen molar-refractivity contribution in [3.05, 3.63) is 92.9 Å². The maximum Gasteiger partial charge on any atom is 0.166 e. The van der Waals surface area contributed by atoms with Crippen LogP contribution in [0, 0.1) is 0 Å². The van der Waals surface area contributed by atoms with Gasteiger partial charge in [0.2, 0.25) is 0 Å². The first kappa shape index (κ1) is 16.3. The zero-order valence-corrected chi connectivity index (χ0v) is 13.2. The van der Waals surface area contributed by atoms with Crippen molar-refractivity contribution in [1.29, 1.82) is 0 Å². The molecular formula is C18H15N5O2. The average molecular weight is 333 g/mol. The van der Waals surface area contributed by atoms with Gasteiger partial charge in [-0.3, -0.25) is 9.59 Å². The summed E-state index contributed by atoms with van der Waals surface area (Å²) in [6.45, 7) is 0.289. The Balaban J connectivity index is 2.02. The number of nitrogens with one attached hydrogen (secondary N) is 2. The predicted molar refractivity (Wildman–Crippen MR) is 92.6 cm³/mol. The van der Waals surface area contributed by atoms with Crippen molar-refractivity contribution in [2.75, 3.05) is 0 Å². The van der Waals surface area contributed by atoms with Crippen LogP contribution in [0.3, 0.4) is 0 Å². The van der Waals surface area contributed by atoms with E-state index in [0.717, 1.165) is 35.1 Å². The van der Waals surface area contributed by atoms with Crippen molar-refractivity contribution in [1.82, 2.24) is 9.97 Å². The molecule has 0 bridgehead atoms. The molecule has 25 heavy (non-hydrogen) atoms. The molecule has 0 saturated heterocycles. The minimum Gasteiger partial charge on any atom is -0.355 e. The van der Waals surface area contributed by atoms with E-state index in [9.17, 15) is 9.59 Å². The summed E-state index contributed by atoms with van der Waals surface area (Å²) in [6.07, 6.45) is 1.52. The van der Waals surface area contributed by atoms with Crippen LogP contribution in [0.15, 0.2) is 53.6 Å².